The van der Waals surface area contributed by atoms with Crippen LogP contribution in [0.15, 0.2) is 42.7 Å². The summed E-state index contributed by atoms with van der Waals surface area (Å²) in [7, 11) is 3.92. The molecule has 34 heavy (non-hydrogen) atoms. The van der Waals surface area contributed by atoms with Crippen molar-refractivity contribution in [3.05, 3.63) is 45.1 Å². The largest absolute Gasteiger partial charge is 0.422 e. The van der Waals surface area contributed by atoms with Gasteiger partial charge in [-0.2, -0.15) is 0 Å². The van der Waals surface area contributed by atoms with Crippen LogP contribution < -0.4 is 21.9 Å². The van der Waals surface area contributed by atoms with E-state index in [9.17, 15) is 9.59 Å². The molecule has 4 aromatic rings. The lowest BCUT2D eigenvalue weighted by Gasteiger charge is -2.15. The van der Waals surface area contributed by atoms with Gasteiger partial charge in [-0.05, 0) is 25.7 Å². The van der Waals surface area contributed by atoms with E-state index in [-0.39, 0.29) is 0 Å². The van der Waals surface area contributed by atoms with Gasteiger partial charge in [-0.15, -0.1) is 0 Å². The molecule has 2 aromatic heterocycles. The van der Waals surface area contributed by atoms with E-state index in [1.165, 1.54) is 0 Å². The van der Waals surface area contributed by atoms with Gasteiger partial charge in [-0.25, -0.2) is 18.7 Å². The zero-order valence-electron chi connectivity index (χ0n) is 19.5. The van der Waals surface area contributed by atoms with Crippen molar-refractivity contribution in [2.45, 2.75) is 38.5 Å². The van der Waals surface area contributed by atoms with Crippen molar-refractivity contribution in [3.63, 3.8) is 0 Å². The molecule has 2 aliphatic rings. The number of nitrogens with zero attached hydrogens (tertiary/aromatic N) is 2. The summed E-state index contributed by atoms with van der Waals surface area (Å²) in [5.74, 6) is 2.18. The minimum absolute atomic E-state index is 0.399. The predicted octanol–water partition coefficient (Wildman–Crippen LogP) is 3.38. The maximum atomic E-state index is 13.1. The van der Waals surface area contributed by atoms with E-state index < -0.39 is 11.3 Å². The van der Waals surface area contributed by atoms with Crippen LogP contribution in [0.2, 0.25) is 0 Å². The summed E-state index contributed by atoms with van der Waals surface area (Å²) in [5.41, 5.74) is 1.49. The van der Waals surface area contributed by atoms with Crippen LogP contribution in [-0.4, -0.2) is 48.0 Å². The zero-order chi connectivity index (χ0) is 23.4. The summed E-state index contributed by atoms with van der Waals surface area (Å²) >= 11 is 0. The minimum atomic E-state index is -0.437. The predicted molar refractivity (Wildman–Crippen MR) is 133 cm³/mol. The van der Waals surface area contributed by atoms with Crippen LogP contribution in [0.1, 0.15) is 38.5 Å². The molecule has 174 valence electrons. The Bertz CT molecular complexity index is 1490. The molecule has 2 fully saturated rings. The molecule has 2 N–H and O–H groups in total. The van der Waals surface area contributed by atoms with Gasteiger partial charge in [0.1, 0.15) is 22.5 Å². The molecule has 0 unspecified atom stereocenters. The number of hydrogen-bond donors (Lipinski definition) is 2. The third kappa shape index (κ3) is 3.28. The fourth-order valence-electron chi connectivity index (χ4n) is 5.26. The topological polar surface area (TPSA) is 90.5 Å². The number of hydrogen-bond acceptors (Lipinski definition) is 4. The monoisotopic (exact) mass is 460 g/mol. The fourth-order valence-corrected chi connectivity index (χ4v) is 5.26. The highest BCUT2D eigenvalue weighted by Gasteiger charge is 2.24. The third-order valence-electron chi connectivity index (χ3n) is 7.19. The molecular weight excluding hydrogens is 432 g/mol. The Balaban J connectivity index is 1.61. The van der Waals surface area contributed by atoms with E-state index >= 15 is 0 Å². The summed E-state index contributed by atoms with van der Waals surface area (Å²) in [5, 5.41) is 8.97. The molecule has 2 saturated heterocycles. The first-order valence-corrected chi connectivity index (χ1v) is 12.0. The second kappa shape index (κ2) is 7.97. The lowest BCUT2D eigenvalue weighted by molar-refractivity contribution is -0.409. The second-order valence-corrected chi connectivity index (χ2v) is 9.29. The summed E-state index contributed by atoms with van der Waals surface area (Å²) < 4.78 is 15.6. The van der Waals surface area contributed by atoms with Gasteiger partial charge in [0.05, 0.1) is 38.0 Å². The summed E-state index contributed by atoms with van der Waals surface area (Å²) in [6, 6.07) is 7.34. The zero-order valence-corrected chi connectivity index (χ0v) is 19.5. The molecule has 8 nitrogen and oxygen atoms in total. The van der Waals surface area contributed by atoms with E-state index in [4.69, 9.17) is 8.83 Å². The second-order valence-electron chi connectivity index (χ2n) is 9.29. The van der Waals surface area contributed by atoms with Gasteiger partial charge in [-0.3, -0.25) is 10.6 Å². The van der Waals surface area contributed by atoms with Gasteiger partial charge < -0.3 is 8.83 Å². The quantitative estimate of drug-likeness (QED) is 0.271. The lowest BCUT2D eigenvalue weighted by atomic mass is 10.0. The average molecular weight is 461 g/mol. The maximum Gasteiger partial charge on any atom is 0.344 e. The Morgan fingerprint density at radius 2 is 1.12 bits per heavy atom. The van der Waals surface area contributed by atoms with Gasteiger partial charge >= 0.3 is 11.3 Å². The normalized spacial score (nSPS) is 19.9. The van der Waals surface area contributed by atoms with Crippen LogP contribution in [-0.2, 0) is 0 Å². The number of amidine groups is 2. The molecule has 0 spiro atoms. The first kappa shape index (κ1) is 20.9. The van der Waals surface area contributed by atoms with Gasteiger partial charge in [0.15, 0.2) is 0 Å². The lowest BCUT2D eigenvalue weighted by Crippen LogP contribution is -2.34. The Kier molecular flexibility index (Phi) is 4.90. The number of piperidine rings is 2. The van der Waals surface area contributed by atoms with Crippen LogP contribution in [0.25, 0.3) is 32.7 Å². The van der Waals surface area contributed by atoms with E-state index in [2.05, 4.69) is 10.6 Å². The van der Waals surface area contributed by atoms with Crippen molar-refractivity contribution < 1.29 is 18.0 Å². The van der Waals surface area contributed by atoms with Gasteiger partial charge in [-0.1, -0.05) is 0 Å². The summed E-state index contributed by atoms with van der Waals surface area (Å²) in [6.07, 6.45) is 6.38. The minimum Gasteiger partial charge on any atom is -0.422 e. The third-order valence-corrected chi connectivity index (χ3v) is 7.19. The van der Waals surface area contributed by atoms with Gasteiger partial charge in [0, 0.05) is 47.9 Å². The number of benzene rings is 2. The average Bonchev–Trinajstić information content (AvgIpc) is 2.88. The van der Waals surface area contributed by atoms with Gasteiger partial charge in [0.25, 0.3) is 0 Å². The molecule has 0 bridgehead atoms. The summed E-state index contributed by atoms with van der Waals surface area (Å²) in [6.45, 7) is 1.85. The summed E-state index contributed by atoms with van der Waals surface area (Å²) in [4.78, 5) is 26.2. The van der Waals surface area contributed by atoms with Crippen molar-refractivity contribution >= 4 is 55.8 Å². The molecule has 2 aromatic carbocycles. The van der Waals surface area contributed by atoms with Gasteiger partial charge in [0.2, 0.25) is 11.7 Å². The Morgan fingerprint density at radius 3 is 1.50 bits per heavy atom. The molecular formula is C26H28N4O4+2. The van der Waals surface area contributed by atoms with Crippen LogP contribution in [0.4, 0.5) is 11.4 Å². The maximum absolute atomic E-state index is 13.1. The smallest absolute Gasteiger partial charge is 0.344 e. The van der Waals surface area contributed by atoms with Crippen molar-refractivity contribution in [2.24, 2.45) is 0 Å². The molecule has 0 aliphatic carbocycles. The fraction of sp³-hybridized carbons (Fsp3) is 0.385. The van der Waals surface area contributed by atoms with Crippen LogP contribution in [0.5, 0.6) is 0 Å². The first-order valence-electron chi connectivity index (χ1n) is 12.0. The molecule has 0 radical (unpaired) electrons. The van der Waals surface area contributed by atoms with Crippen molar-refractivity contribution in [3.8, 4) is 0 Å². The molecule has 0 amide bonds. The van der Waals surface area contributed by atoms with Crippen molar-refractivity contribution in [2.75, 3.05) is 27.2 Å². The SMILES string of the molecule is C[N+](=C1CCCCN1)c1cc2oc(=O)c3cc([N+](C)=C4CCCCN4)cc4oc(=O)c(c1)c2c43. The standard InChI is InChI=1S/C26H26N4O4/c1-29(21-7-3-5-9-27-21)15-11-17-23-19(13-15)33-26(32)18-12-16(14-20(24(18)23)34-25(17)31)30(2)22-8-4-6-10-28-22/h11-14H,3-10H2,1-2H3/p+2. The van der Waals surface area contributed by atoms with E-state index in [0.717, 1.165) is 74.7 Å². The molecule has 4 heterocycles. The van der Waals surface area contributed by atoms with Crippen LogP contribution >= 0.6 is 0 Å². The molecule has 8 heteroatoms. The number of rotatable bonds is 2. The Hall–Kier alpha value is -3.68. The number of nitrogens with one attached hydrogen (secondary N) is 2. The highest BCUT2D eigenvalue weighted by molar-refractivity contribution is 6.20. The van der Waals surface area contributed by atoms with Crippen molar-refractivity contribution in [1.29, 1.82) is 0 Å². The van der Waals surface area contributed by atoms with Crippen molar-refractivity contribution in [1.82, 2.24) is 10.6 Å². The van der Waals surface area contributed by atoms with Crippen LogP contribution in [0.3, 0.4) is 0 Å². The highest BCUT2D eigenvalue weighted by Crippen LogP contribution is 2.35. The van der Waals surface area contributed by atoms with E-state index in [1.54, 1.807) is 0 Å². The van der Waals surface area contributed by atoms with E-state index in [0.29, 0.717) is 32.7 Å². The Morgan fingerprint density at radius 1 is 0.676 bits per heavy atom. The molecule has 0 saturated carbocycles. The Labute approximate surface area is 195 Å². The molecule has 2 aliphatic heterocycles. The van der Waals surface area contributed by atoms with Crippen LogP contribution in [0, 0.1) is 0 Å². The highest BCUT2D eigenvalue weighted by atomic mass is 16.4. The van der Waals surface area contributed by atoms with E-state index in [1.807, 2.05) is 47.5 Å². The molecule has 0 atom stereocenters. The molecule has 6 rings (SSSR count). The first-order chi connectivity index (χ1) is 16.5.